The van der Waals surface area contributed by atoms with Crippen molar-refractivity contribution in [2.45, 2.75) is 64.6 Å². The number of carbonyl (C=O) groups excluding carboxylic acids is 3. The summed E-state index contributed by atoms with van der Waals surface area (Å²) in [6, 6.07) is 0. The van der Waals surface area contributed by atoms with Crippen LogP contribution in [0.3, 0.4) is 0 Å². The van der Waals surface area contributed by atoms with Crippen molar-refractivity contribution in [3.8, 4) is 0 Å². The lowest BCUT2D eigenvalue weighted by Crippen LogP contribution is -2.60. The zero-order valence-electron chi connectivity index (χ0n) is 13.0. The first-order valence-corrected chi connectivity index (χ1v) is 8.11. The van der Waals surface area contributed by atoms with Crippen LogP contribution in [0.4, 0.5) is 0 Å². The van der Waals surface area contributed by atoms with Crippen LogP contribution in [0.15, 0.2) is 0 Å². The predicted molar refractivity (Wildman–Crippen MR) is 79.4 cm³/mol. The van der Waals surface area contributed by atoms with Crippen molar-refractivity contribution >= 4 is 33.8 Å². The Bertz CT molecular complexity index is 425. The van der Waals surface area contributed by atoms with Crippen LogP contribution < -0.4 is 0 Å². The fourth-order valence-corrected chi connectivity index (χ4v) is 2.90. The molecule has 1 aliphatic heterocycles. The van der Waals surface area contributed by atoms with Gasteiger partial charge in [0, 0.05) is 26.1 Å². The molecule has 7 nitrogen and oxygen atoms in total. The molecule has 0 aliphatic carbocycles. The summed E-state index contributed by atoms with van der Waals surface area (Å²) in [5.74, 6) is -1.61. The number of carbonyl (C=O) groups is 3. The summed E-state index contributed by atoms with van der Waals surface area (Å²) >= 11 is 3.31. The molecule has 0 aromatic rings. The SMILES string of the molecule is CC(=O)O[C@@H]1[C@H](OC(C)=O)[C@H](C)O[C@@H](CCBr)[C@H]1OC(C)=O. The quantitative estimate of drug-likeness (QED) is 0.404. The van der Waals surface area contributed by atoms with Crippen LogP contribution in [-0.4, -0.2) is 53.8 Å². The normalized spacial score (nSPS) is 31.2. The molecule has 126 valence electrons. The smallest absolute Gasteiger partial charge is 0.303 e. The van der Waals surface area contributed by atoms with Crippen LogP contribution in [0.5, 0.6) is 0 Å². The topological polar surface area (TPSA) is 88.1 Å². The fourth-order valence-electron chi connectivity index (χ4n) is 2.45. The van der Waals surface area contributed by atoms with Gasteiger partial charge in [0.15, 0.2) is 18.3 Å². The van der Waals surface area contributed by atoms with E-state index in [-0.39, 0.29) is 0 Å². The van der Waals surface area contributed by atoms with Crippen molar-refractivity contribution in [1.82, 2.24) is 0 Å². The number of alkyl halides is 1. The molecule has 5 atom stereocenters. The van der Waals surface area contributed by atoms with E-state index in [4.69, 9.17) is 18.9 Å². The molecule has 0 bridgehead atoms. The van der Waals surface area contributed by atoms with Crippen molar-refractivity contribution < 1.29 is 33.3 Å². The summed E-state index contributed by atoms with van der Waals surface area (Å²) in [6.07, 6.45) is -2.99. The van der Waals surface area contributed by atoms with E-state index < -0.39 is 48.4 Å². The summed E-state index contributed by atoms with van der Waals surface area (Å²) in [7, 11) is 0. The van der Waals surface area contributed by atoms with Gasteiger partial charge in [0.05, 0.1) is 12.2 Å². The largest absolute Gasteiger partial charge is 0.456 e. The minimum absolute atomic E-state index is 0.463. The maximum Gasteiger partial charge on any atom is 0.303 e. The number of halogens is 1. The van der Waals surface area contributed by atoms with Gasteiger partial charge in [-0.15, -0.1) is 0 Å². The Morgan fingerprint density at radius 3 is 1.82 bits per heavy atom. The Balaban J connectivity index is 3.09. The number of hydrogen-bond acceptors (Lipinski definition) is 7. The summed E-state index contributed by atoms with van der Waals surface area (Å²) in [5.41, 5.74) is 0. The molecule has 0 unspecified atom stereocenters. The maximum absolute atomic E-state index is 11.4. The van der Waals surface area contributed by atoms with E-state index in [0.717, 1.165) is 0 Å². The Morgan fingerprint density at radius 2 is 1.36 bits per heavy atom. The molecule has 0 saturated carbocycles. The van der Waals surface area contributed by atoms with Crippen LogP contribution in [0, 0.1) is 0 Å². The predicted octanol–water partition coefficient (Wildman–Crippen LogP) is 1.35. The molecule has 0 radical (unpaired) electrons. The third-order valence-electron chi connectivity index (χ3n) is 3.17. The van der Waals surface area contributed by atoms with Gasteiger partial charge in [0.1, 0.15) is 0 Å². The highest BCUT2D eigenvalue weighted by molar-refractivity contribution is 9.09. The molecular formula is C14H21BrO7. The Hall–Kier alpha value is -1.15. The molecule has 8 heteroatoms. The maximum atomic E-state index is 11.4. The average Bonchev–Trinajstić information content (AvgIpc) is 2.37. The molecule has 1 fully saturated rings. The molecule has 1 saturated heterocycles. The molecule has 0 spiro atoms. The van der Waals surface area contributed by atoms with Gasteiger partial charge in [-0.1, -0.05) is 15.9 Å². The Kier molecular flexibility index (Phi) is 7.28. The molecule has 1 aliphatic rings. The van der Waals surface area contributed by atoms with Crippen molar-refractivity contribution in [2.24, 2.45) is 0 Å². The number of ether oxygens (including phenoxy) is 4. The summed E-state index contributed by atoms with van der Waals surface area (Å²) in [6.45, 7) is 5.47. The van der Waals surface area contributed by atoms with Crippen LogP contribution in [0.2, 0.25) is 0 Å². The van der Waals surface area contributed by atoms with E-state index >= 15 is 0 Å². The van der Waals surface area contributed by atoms with Crippen LogP contribution in [-0.2, 0) is 33.3 Å². The van der Waals surface area contributed by atoms with Crippen LogP contribution in [0.25, 0.3) is 0 Å². The molecule has 0 aromatic heterocycles. The number of hydrogen-bond donors (Lipinski definition) is 0. The molecular weight excluding hydrogens is 360 g/mol. The van der Waals surface area contributed by atoms with E-state index in [9.17, 15) is 14.4 Å². The molecule has 0 amide bonds. The highest BCUT2D eigenvalue weighted by Gasteiger charge is 2.49. The van der Waals surface area contributed by atoms with Crippen LogP contribution >= 0.6 is 15.9 Å². The van der Waals surface area contributed by atoms with Gasteiger partial charge in [-0.25, -0.2) is 0 Å². The van der Waals surface area contributed by atoms with Gasteiger partial charge < -0.3 is 18.9 Å². The minimum Gasteiger partial charge on any atom is -0.456 e. The Labute approximate surface area is 137 Å². The van der Waals surface area contributed by atoms with E-state index in [1.807, 2.05) is 0 Å². The van der Waals surface area contributed by atoms with Gasteiger partial charge in [0.25, 0.3) is 0 Å². The molecule has 0 aromatic carbocycles. The first-order chi connectivity index (χ1) is 10.3. The lowest BCUT2D eigenvalue weighted by atomic mass is 9.93. The minimum atomic E-state index is -0.905. The van der Waals surface area contributed by atoms with Gasteiger partial charge in [-0.05, 0) is 13.3 Å². The van der Waals surface area contributed by atoms with Crippen molar-refractivity contribution in [3.63, 3.8) is 0 Å². The van der Waals surface area contributed by atoms with Gasteiger partial charge >= 0.3 is 17.9 Å². The molecule has 0 N–H and O–H groups in total. The van der Waals surface area contributed by atoms with Crippen molar-refractivity contribution in [1.29, 1.82) is 0 Å². The van der Waals surface area contributed by atoms with Crippen molar-refractivity contribution in [3.05, 3.63) is 0 Å². The average molecular weight is 381 g/mol. The fraction of sp³-hybridized carbons (Fsp3) is 0.786. The van der Waals surface area contributed by atoms with E-state index in [0.29, 0.717) is 11.8 Å². The van der Waals surface area contributed by atoms with Crippen molar-refractivity contribution in [2.75, 3.05) is 5.33 Å². The lowest BCUT2D eigenvalue weighted by Gasteiger charge is -2.43. The Morgan fingerprint density at radius 1 is 0.909 bits per heavy atom. The van der Waals surface area contributed by atoms with Gasteiger partial charge in [-0.2, -0.15) is 0 Å². The first-order valence-electron chi connectivity index (χ1n) is 6.99. The summed E-state index contributed by atoms with van der Waals surface area (Å²) < 4.78 is 21.6. The van der Waals surface area contributed by atoms with E-state index in [1.54, 1.807) is 6.92 Å². The molecule has 1 heterocycles. The van der Waals surface area contributed by atoms with Crippen LogP contribution in [0.1, 0.15) is 34.1 Å². The number of rotatable bonds is 5. The third-order valence-corrected chi connectivity index (χ3v) is 3.62. The van der Waals surface area contributed by atoms with Gasteiger partial charge in [-0.3, -0.25) is 14.4 Å². The van der Waals surface area contributed by atoms with E-state index in [2.05, 4.69) is 15.9 Å². The zero-order chi connectivity index (χ0) is 16.9. The summed E-state index contributed by atoms with van der Waals surface area (Å²) in [4.78, 5) is 34.0. The van der Waals surface area contributed by atoms with E-state index in [1.165, 1.54) is 20.8 Å². The number of esters is 3. The van der Waals surface area contributed by atoms with Gasteiger partial charge in [0.2, 0.25) is 0 Å². The lowest BCUT2D eigenvalue weighted by molar-refractivity contribution is -0.243. The molecule has 1 rings (SSSR count). The molecule has 22 heavy (non-hydrogen) atoms. The second-order valence-corrected chi connectivity index (χ2v) is 5.87. The second-order valence-electron chi connectivity index (χ2n) is 5.08. The second kappa shape index (κ2) is 8.47. The zero-order valence-corrected chi connectivity index (χ0v) is 14.6. The first kappa shape index (κ1) is 18.9. The highest BCUT2D eigenvalue weighted by Crippen LogP contribution is 2.30. The standard InChI is InChI=1S/C14H21BrO7/c1-7-12(20-8(2)16)14(22-10(4)18)13(21-9(3)17)11(19-7)5-6-15/h7,11-14H,5-6H2,1-4H3/t7-,11-,12+,13+,14+/m0/s1. The summed E-state index contributed by atoms with van der Waals surface area (Å²) in [5, 5.41) is 0.618. The monoisotopic (exact) mass is 380 g/mol. The third kappa shape index (κ3) is 5.24. The highest BCUT2D eigenvalue weighted by atomic mass is 79.9.